The molecule has 4 aromatic carbocycles. The van der Waals surface area contributed by atoms with Gasteiger partial charge in [0.05, 0.1) is 0 Å². The number of rotatable bonds is 8. The maximum absolute atomic E-state index is 13.6. The molecule has 5 rings (SSSR count). The first-order chi connectivity index (χ1) is 16.7. The van der Waals surface area contributed by atoms with Crippen molar-refractivity contribution in [3.8, 4) is 0 Å². The van der Waals surface area contributed by atoms with E-state index in [-0.39, 0.29) is 11.6 Å². The predicted octanol–water partition coefficient (Wildman–Crippen LogP) is 7.13. The predicted molar refractivity (Wildman–Crippen MR) is 141 cm³/mol. The molecule has 0 N–H and O–H groups in total. The minimum Gasteiger partial charge on any atom is -0.289 e. The maximum atomic E-state index is 13.6. The lowest BCUT2D eigenvalue weighted by Gasteiger charge is -2.22. The highest BCUT2D eigenvalue weighted by molar-refractivity contribution is 7.99. The largest absolute Gasteiger partial charge is 0.289 e. The minimum absolute atomic E-state index is 0.0436. The van der Waals surface area contributed by atoms with E-state index in [9.17, 15) is 9.59 Å². The van der Waals surface area contributed by atoms with Crippen molar-refractivity contribution < 1.29 is 9.59 Å². The molecule has 0 bridgehead atoms. The number of carbonyl (C=O) groups excluding carboxylic acids is 2. The van der Waals surface area contributed by atoms with Crippen LogP contribution in [-0.2, 0) is 12.8 Å². The number of thioether (sulfide) groups is 2. The second-order valence-corrected chi connectivity index (χ2v) is 10.5. The summed E-state index contributed by atoms with van der Waals surface area (Å²) in [5.74, 6) is 1.62. The normalized spacial score (nSPS) is 12.4. The SMILES string of the molecule is O=C1c2cccc(SCCc3ccccc3)c2C(=O)c2cccc(SCCc3ccccc3)c21. The van der Waals surface area contributed by atoms with Crippen LogP contribution in [-0.4, -0.2) is 23.1 Å². The van der Waals surface area contributed by atoms with Crippen LogP contribution in [0.15, 0.2) is 107 Å². The van der Waals surface area contributed by atoms with Crippen molar-refractivity contribution in [1.82, 2.24) is 0 Å². The summed E-state index contributed by atoms with van der Waals surface area (Å²) in [7, 11) is 0. The molecule has 0 atom stereocenters. The summed E-state index contributed by atoms with van der Waals surface area (Å²) in [6, 6.07) is 32.0. The van der Waals surface area contributed by atoms with E-state index in [1.165, 1.54) is 11.1 Å². The third kappa shape index (κ3) is 4.75. The van der Waals surface area contributed by atoms with Gasteiger partial charge in [-0.25, -0.2) is 0 Å². The van der Waals surface area contributed by atoms with Gasteiger partial charge in [-0.1, -0.05) is 84.9 Å². The van der Waals surface area contributed by atoms with E-state index in [0.29, 0.717) is 22.3 Å². The van der Waals surface area contributed by atoms with Crippen LogP contribution < -0.4 is 0 Å². The van der Waals surface area contributed by atoms with Gasteiger partial charge in [-0.3, -0.25) is 9.59 Å². The Balaban J connectivity index is 1.37. The van der Waals surface area contributed by atoms with Gasteiger partial charge in [0.1, 0.15) is 0 Å². The molecule has 1 aliphatic carbocycles. The third-order valence-corrected chi connectivity index (χ3v) is 8.10. The minimum atomic E-state index is -0.0436. The Morgan fingerprint density at radius 2 is 0.882 bits per heavy atom. The topological polar surface area (TPSA) is 34.1 Å². The zero-order valence-electron chi connectivity index (χ0n) is 18.7. The molecule has 0 spiro atoms. The van der Waals surface area contributed by atoms with E-state index in [1.54, 1.807) is 35.7 Å². The van der Waals surface area contributed by atoms with Crippen molar-refractivity contribution >= 4 is 35.1 Å². The van der Waals surface area contributed by atoms with Crippen LogP contribution in [0.2, 0.25) is 0 Å². The number of benzene rings is 4. The third-order valence-electron chi connectivity index (χ3n) is 5.98. The first-order valence-corrected chi connectivity index (χ1v) is 13.4. The summed E-state index contributed by atoms with van der Waals surface area (Å²) >= 11 is 3.30. The second kappa shape index (κ2) is 10.5. The fourth-order valence-corrected chi connectivity index (χ4v) is 6.42. The molecule has 0 unspecified atom stereocenters. The Morgan fingerprint density at radius 3 is 1.29 bits per heavy atom. The molecule has 0 saturated carbocycles. The highest BCUT2D eigenvalue weighted by Gasteiger charge is 2.33. The lowest BCUT2D eigenvalue weighted by molar-refractivity contribution is 0.0974. The molecule has 0 aromatic heterocycles. The molecular weight excluding hydrogens is 456 g/mol. The average molecular weight is 481 g/mol. The monoisotopic (exact) mass is 480 g/mol. The van der Waals surface area contributed by atoms with Gasteiger partial charge in [0.25, 0.3) is 0 Å². The fraction of sp³-hybridized carbons (Fsp3) is 0.133. The molecule has 0 aliphatic heterocycles. The number of carbonyl (C=O) groups is 2. The average Bonchev–Trinajstić information content (AvgIpc) is 2.88. The van der Waals surface area contributed by atoms with E-state index in [1.807, 2.05) is 60.7 Å². The summed E-state index contributed by atoms with van der Waals surface area (Å²) < 4.78 is 0. The van der Waals surface area contributed by atoms with Crippen LogP contribution >= 0.6 is 23.5 Å². The molecule has 4 heteroatoms. The molecule has 34 heavy (non-hydrogen) atoms. The Kier molecular flexibility index (Phi) is 6.98. The first-order valence-electron chi connectivity index (χ1n) is 11.4. The highest BCUT2D eigenvalue weighted by Crippen LogP contribution is 2.38. The van der Waals surface area contributed by atoms with Crippen molar-refractivity contribution in [1.29, 1.82) is 0 Å². The van der Waals surface area contributed by atoms with E-state index < -0.39 is 0 Å². The number of aryl methyl sites for hydroxylation is 2. The zero-order valence-corrected chi connectivity index (χ0v) is 20.3. The van der Waals surface area contributed by atoms with E-state index >= 15 is 0 Å². The van der Waals surface area contributed by atoms with Gasteiger partial charge in [-0.15, -0.1) is 23.5 Å². The van der Waals surface area contributed by atoms with Crippen molar-refractivity contribution in [2.45, 2.75) is 22.6 Å². The smallest absolute Gasteiger partial charge is 0.195 e. The van der Waals surface area contributed by atoms with Crippen molar-refractivity contribution in [2.24, 2.45) is 0 Å². The molecule has 0 heterocycles. The standard InChI is InChI=1S/C30H24O2S2/c31-29-24-14-8-16-26(34-20-18-22-11-5-2-6-12-22)28(24)30(32)23-13-7-15-25(27(23)29)33-19-17-21-9-3-1-4-10-21/h1-16H,17-20H2. The quantitative estimate of drug-likeness (QED) is 0.221. The molecule has 0 fully saturated rings. The van der Waals surface area contributed by atoms with E-state index in [4.69, 9.17) is 0 Å². The van der Waals surface area contributed by atoms with Gasteiger partial charge >= 0.3 is 0 Å². The number of ketones is 2. The number of fused-ring (bicyclic) bond motifs is 2. The highest BCUT2D eigenvalue weighted by atomic mass is 32.2. The Hall–Kier alpha value is -3.08. The van der Waals surface area contributed by atoms with Crippen molar-refractivity contribution in [3.63, 3.8) is 0 Å². The summed E-state index contributed by atoms with van der Waals surface area (Å²) in [6.07, 6.45) is 1.83. The lowest BCUT2D eigenvalue weighted by atomic mass is 9.84. The summed E-state index contributed by atoms with van der Waals surface area (Å²) in [5.41, 5.74) is 4.71. The van der Waals surface area contributed by atoms with Gasteiger partial charge in [-0.05, 0) is 36.1 Å². The second-order valence-electron chi connectivity index (χ2n) is 8.18. The molecule has 1 aliphatic rings. The van der Waals surface area contributed by atoms with Crippen LogP contribution in [0.1, 0.15) is 43.0 Å². The van der Waals surface area contributed by atoms with Crippen LogP contribution in [0.4, 0.5) is 0 Å². The van der Waals surface area contributed by atoms with Gasteiger partial charge in [0, 0.05) is 43.6 Å². The molecule has 2 nitrogen and oxygen atoms in total. The van der Waals surface area contributed by atoms with Crippen LogP contribution in [0.3, 0.4) is 0 Å². The summed E-state index contributed by atoms with van der Waals surface area (Å²) in [6.45, 7) is 0. The molecule has 0 saturated heterocycles. The number of hydrogen-bond acceptors (Lipinski definition) is 4. The molecule has 0 amide bonds. The summed E-state index contributed by atoms with van der Waals surface area (Å²) in [4.78, 5) is 28.9. The van der Waals surface area contributed by atoms with Crippen LogP contribution in [0.5, 0.6) is 0 Å². The summed E-state index contributed by atoms with van der Waals surface area (Å²) in [5, 5.41) is 0. The lowest BCUT2D eigenvalue weighted by Crippen LogP contribution is -2.22. The van der Waals surface area contributed by atoms with Gasteiger partial charge in [0.2, 0.25) is 0 Å². The maximum Gasteiger partial charge on any atom is 0.195 e. The Bertz CT molecular complexity index is 1230. The molecule has 0 radical (unpaired) electrons. The van der Waals surface area contributed by atoms with Crippen LogP contribution in [0.25, 0.3) is 0 Å². The molecular formula is C30H24O2S2. The Morgan fingerprint density at radius 1 is 0.471 bits per heavy atom. The molecule has 168 valence electrons. The van der Waals surface area contributed by atoms with Crippen molar-refractivity contribution in [3.05, 3.63) is 130 Å². The fourth-order valence-electron chi connectivity index (χ4n) is 4.27. The first kappa shape index (κ1) is 22.7. The number of hydrogen-bond donors (Lipinski definition) is 0. The van der Waals surface area contributed by atoms with E-state index in [0.717, 1.165) is 34.1 Å². The zero-order chi connectivity index (χ0) is 23.3. The van der Waals surface area contributed by atoms with E-state index in [2.05, 4.69) is 24.3 Å². The van der Waals surface area contributed by atoms with Crippen LogP contribution in [0, 0.1) is 0 Å². The van der Waals surface area contributed by atoms with Crippen molar-refractivity contribution in [2.75, 3.05) is 11.5 Å². The van der Waals surface area contributed by atoms with Gasteiger partial charge in [-0.2, -0.15) is 0 Å². The van der Waals surface area contributed by atoms with Gasteiger partial charge in [0.15, 0.2) is 11.6 Å². The van der Waals surface area contributed by atoms with Gasteiger partial charge < -0.3 is 0 Å². The molecule has 4 aromatic rings. The Labute approximate surface area is 208 Å².